The van der Waals surface area contributed by atoms with Crippen LogP contribution >= 0.6 is 31.9 Å². The fraction of sp³-hybridized carbons (Fsp3) is 0.143. The summed E-state index contributed by atoms with van der Waals surface area (Å²) in [5, 5.41) is 12.3. The van der Waals surface area contributed by atoms with Gasteiger partial charge in [0, 0.05) is 21.2 Å². The van der Waals surface area contributed by atoms with Crippen molar-refractivity contribution in [3.8, 4) is 0 Å². The number of hydrogen-bond donors (Lipinski definition) is 2. The molecule has 0 radical (unpaired) electrons. The van der Waals surface area contributed by atoms with Crippen LogP contribution in [0.1, 0.15) is 11.1 Å². The Kier molecular flexibility index (Phi) is 4.80. The van der Waals surface area contributed by atoms with Crippen molar-refractivity contribution in [3.05, 3.63) is 62.5 Å². The molecule has 94 valence electrons. The Morgan fingerprint density at radius 2 is 1.61 bits per heavy atom. The van der Waals surface area contributed by atoms with Crippen LogP contribution in [0.5, 0.6) is 0 Å². The van der Waals surface area contributed by atoms with Crippen molar-refractivity contribution in [3.63, 3.8) is 0 Å². The van der Waals surface area contributed by atoms with Gasteiger partial charge in [0.05, 0.1) is 6.61 Å². The van der Waals surface area contributed by atoms with Crippen LogP contribution in [0.25, 0.3) is 0 Å². The Bertz CT molecular complexity index is 526. The van der Waals surface area contributed by atoms with E-state index in [2.05, 4.69) is 37.2 Å². The molecule has 2 rings (SSSR count). The summed E-state index contributed by atoms with van der Waals surface area (Å²) >= 11 is 6.94. The number of aliphatic hydroxyl groups is 1. The molecule has 0 spiro atoms. The molecule has 0 bridgehead atoms. The molecule has 0 saturated heterocycles. The second-order valence-corrected chi connectivity index (χ2v) is 5.72. The lowest BCUT2D eigenvalue weighted by atomic mass is 10.1. The molecule has 2 aromatic rings. The first-order valence-corrected chi connectivity index (χ1v) is 7.15. The molecule has 0 aliphatic carbocycles. The zero-order valence-corrected chi connectivity index (χ0v) is 12.8. The predicted molar refractivity (Wildman–Crippen MR) is 81.5 cm³/mol. The van der Waals surface area contributed by atoms with Gasteiger partial charge in [-0.25, -0.2) is 0 Å². The fourth-order valence-corrected chi connectivity index (χ4v) is 2.78. The Morgan fingerprint density at radius 3 is 2.22 bits per heavy atom. The van der Waals surface area contributed by atoms with Crippen molar-refractivity contribution in [1.29, 1.82) is 0 Å². The minimum Gasteiger partial charge on any atom is -0.392 e. The molecule has 2 aromatic carbocycles. The largest absolute Gasteiger partial charge is 0.392 e. The first-order valence-electron chi connectivity index (χ1n) is 5.56. The monoisotopic (exact) mass is 369 g/mol. The number of anilines is 1. The van der Waals surface area contributed by atoms with E-state index in [1.165, 1.54) is 5.56 Å². The molecule has 0 atom stereocenters. The van der Waals surface area contributed by atoms with Gasteiger partial charge in [-0.15, -0.1) is 0 Å². The molecule has 0 aliphatic heterocycles. The number of hydrogen-bond acceptors (Lipinski definition) is 2. The standard InChI is InChI=1S/C14H13Br2NO/c15-12-5-6-14(13(16)7-12)17-8-10-1-3-11(9-18)4-2-10/h1-7,17-18H,8-9H2. The van der Waals surface area contributed by atoms with Gasteiger partial charge < -0.3 is 10.4 Å². The van der Waals surface area contributed by atoms with E-state index in [0.29, 0.717) is 0 Å². The van der Waals surface area contributed by atoms with E-state index in [4.69, 9.17) is 5.11 Å². The maximum atomic E-state index is 8.97. The van der Waals surface area contributed by atoms with Gasteiger partial charge in [-0.05, 0) is 45.3 Å². The molecule has 0 amide bonds. The van der Waals surface area contributed by atoms with Crippen molar-refractivity contribution in [2.24, 2.45) is 0 Å². The van der Waals surface area contributed by atoms with Crippen LogP contribution in [0.2, 0.25) is 0 Å². The number of benzene rings is 2. The van der Waals surface area contributed by atoms with Gasteiger partial charge >= 0.3 is 0 Å². The minimum atomic E-state index is 0.0893. The summed E-state index contributed by atoms with van der Waals surface area (Å²) in [4.78, 5) is 0. The number of nitrogens with one attached hydrogen (secondary N) is 1. The van der Waals surface area contributed by atoms with Crippen molar-refractivity contribution in [2.45, 2.75) is 13.2 Å². The molecule has 18 heavy (non-hydrogen) atoms. The maximum Gasteiger partial charge on any atom is 0.0681 e. The first kappa shape index (κ1) is 13.6. The first-order chi connectivity index (χ1) is 8.69. The third kappa shape index (κ3) is 3.57. The molecule has 2 N–H and O–H groups in total. The number of rotatable bonds is 4. The zero-order chi connectivity index (χ0) is 13.0. The average Bonchev–Trinajstić information content (AvgIpc) is 2.38. The lowest BCUT2D eigenvalue weighted by Crippen LogP contribution is -2.00. The van der Waals surface area contributed by atoms with Crippen LogP contribution in [0, 0.1) is 0 Å². The maximum absolute atomic E-state index is 8.97. The molecule has 0 unspecified atom stereocenters. The van der Waals surface area contributed by atoms with Gasteiger partial charge in [-0.2, -0.15) is 0 Å². The van der Waals surface area contributed by atoms with E-state index >= 15 is 0 Å². The second-order valence-electron chi connectivity index (χ2n) is 3.95. The topological polar surface area (TPSA) is 32.3 Å². The van der Waals surface area contributed by atoms with Gasteiger partial charge in [0.15, 0.2) is 0 Å². The highest BCUT2D eigenvalue weighted by Gasteiger charge is 2.00. The Labute approximate surface area is 123 Å². The van der Waals surface area contributed by atoms with E-state index < -0.39 is 0 Å². The van der Waals surface area contributed by atoms with Crippen molar-refractivity contribution >= 4 is 37.5 Å². The summed E-state index contributed by atoms with van der Waals surface area (Å²) < 4.78 is 2.08. The van der Waals surface area contributed by atoms with Crippen molar-refractivity contribution in [1.82, 2.24) is 0 Å². The van der Waals surface area contributed by atoms with Gasteiger partial charge in [0.1, 0.15) is 0 Å². The Morgan fingerprint density at radius 1 is 0.944 bits per heavy atom. The molecule has 0 aliphatic rings. The SMILES string of the molecule is OCc1ccc(CNc2ccc(Br)cc2Br)cc1. The predicted octanol–water partition coefficient (Wildman–Crippen LogP) is 4.32. The van der Waals surface area contributed by atoms with Gasteiger partial charge in [-0.1, -0.05) is 40.2 Å². The highest BCUT2D eigenvalue weighted by atomic mass is 79.9. The molecular formula is C14H13Br2NO. The third-order valence-corrected chi connectivity index (χ3v) is 3.77. The fourth-order valence-electron chi connectivity index (χ4n) is 1.59. The van der Waals surface area contributed by atoms with E-state index in [1.807, 2.05) is 42.5 Å². The molecule has 4 heteroatoms. The van der Waals surface area contributed by atoms with E-state index in [-0.39, 0.29) is 6.61 Å². The van der Waals surface area contributed by atoms with E-state index in [0.717, 1.165) is 26.7 Å². The summed E-state index contributed by atoms with van der Waals surface area (Å²) in [7, 11) is 0. The molecule has 2 nitrogen and oxygen atoms in total. The lowest BCUT2D eigenvalue weighted by molar-refractivity contribution is 0.282. The van der Waals surface area contributed by atoms with Crippen LogP contribution in [-0.2, 0) is 13.2 Å². The number of aliphatic hydroxyl groups excluding tert-OH is 1. The van der Waals surface area contributed by atoms with Gasteiger partial charge in [0.25, 0.3) is 0 Å². The zero-order valence-electron chi connectivity index (χ0n) is 9.66. The van der Waals surface area contributed by atoms with Crippen LogP contribution in [-0.4, -0.2) is 5.11 Å². The quantitative estimate of drug-likeness (QED) is 0.840. The van der Waals surface area contributed by atoms with Crippen molar-refractivity contribution < 1.29 is 5.11 Å². The van der Waals surface area contributed by atoms with E-state index in [9.17, 15) is 0 Å². The van der Waals surface area contributed by atoms with Crippen molar-refractivity contribution in [2.75, 3.05) is 5.32 Å². The summed E-state index contributed by atoms with van der Waals surface area (Å²) in [5.74, 6) is 0. The normalized spacial score (nSPS) is 10.4. The minimum absolute atomic E-state index is 0.0893. The van der Waals surface area contributed by atoms with Crippen LogP contribution in [0.3, 0.4) is 0 Å². The van der Waals surface area contributed by atoms with E-state index in [1.54, 1.807) is 0 Å². The summed E-state index contributed by atoms with van der Waals surface area (Å²) in [6.45, 7) is 0.845. The van der Waals surface area contributed by atoms with Crippen LogP contribution < -0.4 is 5.32 Å². The summed E-state index contributed by atoms with van der Waals surface area (Å²) in [6.07, 6.45) is 0. The lowest BCUT2D eigenvalue weighted by Gasteiger charge is -2.09. The highest BCUT2D eigenvalue weighted by Crippen LogP contribution is 2.26. The van der Waals surface area contributed by atoms with Crippen LogP contribution in [0.15, 0.2) is 51.4 Å². The average molecular weight is 371 g/mol. The van der Waals surface area contributed by atoms with Gasteiger partial charge in [-0.3, -0.25) is 0 Å². The molecule has 0 saturated carbocycles. The third-order valence-electron chi connectivity index (χ3n) is 2.62. The molecule has 0 heterocycles. The Balaban J connectivity index is 2.02. The summed E-state index contributed by atoms with van der Waals surface area (Å²) in [6, 6.07) is 14.0. The molecule has 0 fully saturated rings. The Hall–Kier alpha value is -0.840. The number of halogens is 2. The van der Waals surface area contributed by atoms with Gasteiger partial charge in [0.2, 0.25) is 0 Å². The second kappa shape index (κ2) is 6.36. The highest BCUT2D eigenvalue weighted by molar-refractivity contribution is 9.11. The van der Waals surface area contributed by atoms with Crippen LogP contribution in [0.4, 0.5) is 5.69 Å². The smallest absolute Gasteiger partial charge is 0.0681 e. The summed E-state index contributed by atoms with van der Waals surface area (Å²) in [5.41, 5.74) is 3.18. The molecular weight excluding hydrogens is 358 g/mol. The molecule has 0 aromatic heterocycles.